The van der Waals surface area contributed by atoms with Crippen LogP contribution >= 0.6 is 0 Å². The summed E-state index contributed by atoms with van der Waals surface area (Å²) in [5.41, 5.74) is 6.68. The summed E-state index contributed by atoms with van der Waals surface area (Å²) in [5.74, 6) is 2.51. The number of nitrogens with one attached hydrogen (secondary N) is 2. The SMILES string of the molecule is CCCCCCCCCCCCCCCCNc1ncnc(Nc2cc(C)on2)c1N. The Hall–Kier alpha value is -2.31. The zero-order chi connectivity index (χ0) is 22.2. The fraction of sp³-hybridized carbons (Fsp3) is 0.708. The van der Waals surface area contributed by atoms with Crippen molar-refractivity contribution >= 4 is 23.1 Å². The normalized spacial score (nSPS) is 11.0. The van der Waals surface area contributed by atoms with Gasteiger partial charge < -0.3 is 20.9 Å². The number of unbranched alkanes of at least 4 members (excludes halogenated alkanes) is 13. The van der Waals surface area contributed by atoms with Crippen molar-refractivity contribution in [1.29, 1.82) is 0 Å². The number of anilines is 4. The van der Waals surface area contributed by atoms with Crippen LogP contribution in [0.15, 0.2) is 16.9 Å². The molecular formula is C24H42N6O. The maximum Gasteiger partial charge on any atom is 0.175 e. The Labute approximate surface area is 188 Å². The molecule has 0 aliphatic carbocycles. The van der Waals surface area contributed by atoms with E-state index in [-0.39, 0.29) is 0 Å². The fourth-order valence-corrected chi connectivity index (χ4v) is 3.71. The molecule has 0 aromatic carbocycles. The van der Waals surface area contributed by atoms with E-state index in [1.807, 2.05) is 6.92 Å². The zero-order valence-electron chi connectivity index (χ0n) is 19.6. The average molecular weight is 431 g/mol. The van der Waals surface area contributed by atoms with Gasteiger partial charge >= 0.3 is 0 Å². The van der Waals surface area contributed by atoms with Crippen LogP contribution in [0.1, 0.15) is 103 Å². The molecule has 0 saturated heterocycles. The first kappa shape index (κ1) is 25.0. The van der Waals surface area contributed by atoms with Gasteiger partial charge in [0.1, 0.15) is 17.8 Å². The highest BCUT2D eigenvalue weighted by Crippen LogP contribution is 2.25. The minimum Gasteiger partial charge on any atom is -0.393 e. The molecule has 0 atom stereocenters. The van der Waals surface area contributed by atoms with Crippen LogP contribution in [0.4, 0.5) is 23.1 Å². The summed E-state index contributed by atoms with van der Waals surface area (Å²) in [6.45, 7) is 4.98. The van der Waals surface area contributed by atoms with Gasteiger partial charge in [0, 0.05) is 12.6 Å². The molecule has 0 aliphatic rings. The summed E-state index contributed by atoms with van der Waals surface area (Å²) < 4.78 is 5.05. The van der Waals surface area contributed by atoms with Crippen LogP contribution in [0.5, 0.6) is 0 Å². The van der Waals surface area contributed by atoms with E-state index in [9.17, 15) is 0 Å². The summed E-state index contributed by atoms with van der Waals surface area (Å²) in [6.07, 6.45) is 20.6. The highest BCUT2D eigenvalue weighted by Gasteiger charge is 2.09. The molecule has 0 aliphatic heterocycles. The lowest BCUT2D eigenvalue weighted by Gasteiger charge is -2.11. The number of nitrogens with zero attached hydrogens (tertiary/aromatic N) is 3. The number of nitrogens with two attached hydrogens (primary N) is 1. The lowest BCUT2D eigenvalue weighted by atomic mass is 10.0. The maximum atomic E-state index is 6.19. The Morgan fingerprint density at radius 1 is 0.806 bits per heavy atom. The van der Waals surface area contributed by atoms with Gasteiger partial charge in [-0.1, -0.05) is 95.6 Å². The molecule has 0 bridgehead atoms. The minimum absolute atomic E-state index is 0.494. The highest BCUT2D eigenvalue weighted by atomic mass is 16.5. The smallest absolute Gasteiger partial charge is 0.175 e. The van der Waals surface area contributed by atoms with Gasteiger partial charge in [0.05, 0.1) is 0 Å². The van der Waals surface area contributed by atoms with Gasteiger partial charge in [0.15, 0.2) is 17.5 Å². The van der Waals surface area contributed by atoms with Crippen LogP contribution in [-0.2, 0) is 0 Å². The standard InChI is InChI=1S/C24H42N6O/c1-3-4-5-6-7-8-9-10-11-12-13-14-15-16-17-26-23-22(25)24(28-19-27-23)29-21-18-20(2)31-30-21/h18-19H,3-17,25H2,1-2H3,(H2,26,27,28,29,30). The Morgan fingerprint density at radius 3 is 1.90 bits per heavy atom. The summed E-state index contributed by atoms with van der Waals surface area (Å²) in [6, 6.07) is 1.79. The molecule has 2 heterocycles. The molecule has 31 heavy (non-hydrogen) atoms. The van der Waals surface area contributed by atoms with Crippen molar-refractivity contribution in [2.75, 3.05) is 22.9 Å². The molecule has 7 heteroatoms. The summed E-state index contributed by atoms with van der Waals surface area (Å²) >= 11 is 0. The van der Waals surface area contributed by atoms with Gasteiger partial charge in [-0.15, -0.1) is 0 Å². The first-order valence-electron chi connectivity index (χ1n) is 12.3. The topological polar surface area (TPSA) is 102 Å². The van der Waals surface area contributed by atoms with Crippen LogP contribution < -0.4 is 16.4 Å². The summed E-state index contributed by atoms with van der Waals surface area (Å²) in [7, 11) is 0. The lowest BCUT2D eigenvalue weighted by Crippen LogP contribution is -2.09. The van der Waals surface area contributed by atoms with E-state index in [1.165, 1.54) is 89.8 Å². The van der Waals surface area contributed by atoms with Crippen LogP contribution in [0.2, 0.25) is 0 Å². The first-order chi connectivity index (χ1) is 15.2. The Morgan fingerprint density at radius 2 is 1.35 bits per heavy atom. The van der Waals surface area contributed by atoms with E-state index in [1.54, 1.807) is 6.07 Å². The molecule has 0 unspecified atom stereocenters. The largest absolute Gasteiger partial charge is 0.393 e. The number of nitrogen functional groups attached to an aromatic ring is 1. The monoisotopic (exact) mass is 430 g/mol. The van der Waals surface area contributed by atoms with Crippen LogP contribution in [0, 0.1) is 6.92 Å². The lowest BCUT2D eigenvalue weighted by molar-refractivity contribution is 0.400. The molecule has 2 aromatic heterocycles. The molecule has 2 rings (SSSR count). The number of aryl methyl sites for hydroxylation is 1. The van der Waals surface area contributed by atoms with Crippen LogP contribution in [0.3, 0.4) is 0 Å². The third kappa shape index (κ3) is 10.5. The van der Waals surface area contributed by atoms with Crippen molar-refractivity contribution in [3.05, 3.63) is 18.2 Å². The van der Waals surface area contributed by atoms with Crippen molar-refractivity contribution < 1.29 is 4.52 Å². The second kappa shape index (κ2) is 15.5. The molecule has 7 nitrogen and oxygen atoms in total. The van der Waals surface area contributed by atoms with Gasteiger partial charge in [0.2, 0.25) is 0 Å². The third-order valence-electron chi connectivity index (χ3n) is 5.58. The predicted octanol–water partition coefficient (Wildman–Crippen LogP) is 6.99. The molecule has 0 amide bonds. The number of hydrogen-bond acceptors (Lipinski definition) is 7. The molecule has 0 spiro atoms. The number of rotatable bonds is 18. The Kier molecular flexibility index (Phi) is 12.5. The van der Waals surface area contributed by atoms with Crippen molar-refractivity contribution in [1.82, 2.24) is 15.1 Å². The van der Waals surface area contributed by atoms with Crippen molar-refractivity contribution in [2.24, 2.45) is 0 Å². The predicted molar refractivity (Wildman–Crippen MR) is 130 cm³/mol. The van der Waals surface area contributed by atoms with Crippen molar-refractivity contribution in [3.8, 4) is 0 Å². The van der Waals surface area contributed by atoms with Gasteiger partial charge in [-0.2, -0.15) is 0 Å². The second-order valence-electron chi connectivity index (χ2n) is 8.46. The Bertz CT molecular complexity index is 718. The molecule has 2 aromatic rings. The summed E-state index contributed by atoms with van der Waals surface area (Å²) in [4.78, 5) is 8.45. The third-order valence-corrected chi connectivity index (χ3v) is 5.58. The van der Waals surface area contributed by atoms with Crippen molar-refractivity contribution in [3.63, 3.8) is 0 Å². The Balaban J connectivity index is 1.47. The molecule has 4 N–H and O–H groups in total. The zero-order valence-corrected chi connectivity index (χ0v) is 19.6. The van der Waals surface area contributed by atoms with E-state index in [2.05, 4.69) is 32.7 Å². The van der Waals surface area contributed by atoms with Crippen LogP contribution in [0.25, 0.3) is 0 Å². The molecular weight excluding hydrogens is 388 g/mol. The van der Waals surface area contributed by atoms with Gasteiger partial charge in [0.25, 0.3) is 0 Å². The van der Waals surface area contributed by atoms with E-state index < -0.39 is 0 Å². The molecule has 0 radical (unpaired) electrons. The van der Waals surface area contributed by atoms with Gasteiger partial charge in [-0.3, -0.25) is 0 Å². The number of hydrogen-bond donors (Lipinski definition) is 3. The molecule has 174 valence electrons. The quantitative estimate of drug-likeness (QED) is 0.219. The fourth-order valence-electron chi connectivity index (χ4n) is 3.71. The van der Waals surface area contributed by atoms with E-state index in [0.717, 1.165) is 18.7 Å². The summed E-state index contributed by atoms with van der Waals surface area (Å²) in [5, 5.41) is 10.3. The van der Waals surface area contributed by atoms with Crippen molar-refractivity contribution in [2.45, 2.75) is 104 Å². The van der Waals surface area contributed by atoms with E-state index in [0.29, 0.717) is 23.1 Å². The van der Waals surface area contributed by atoms with E-state index >= 15 is 0 Å². The highest BCUT2D eigenvalue weighted by molar-refractivity contribution is 5.76. The van der Waals surface area contributed by atoms with Gasteiger partial charge in [-0.05, 0) is 13.3 Å². The maximum absolute atomic E-state index is 6.19. The molecule has 0 fully saturated rings. The second-order valence-corrected chi connectivity index (χ2v) is 8.46. The van der Waals surface area contributed by atoms with Gasteiger partial charge in [-0.25, -0.2) is 9.97 Å². The van der Waals surface area contributed by atoms with Crippen LogP contribution in [-0.4, -0.2) is 21.7 Å². The minimum atomic E-state index is 0.494. The molecule has 0 saturated carbocycles. The average Bonchev–Trinajstić information content (AvgIpc) is 3.18. The number of aromatic nitrogens is 3. The first-order valence-corrected chi connectivity index (χ1v) is 12.3. The van der Waals surface area contributed by atoms with E-state index in [4.69, 9.17) is 10.3 Å².